The van der Waals surface area contributed by atoms with Gasteiger partial charge in [0.1, 0.15) is 0 Å². The van der Waals surface area contributed by atoms with Crippen LogP contribution >= 0.6 is 11.6 Å². The minimum atomic E-state index is -0.858. The SMILES string of the molecule is CC(C)n1cc(C(C)(C)O)c2cc(Cl)ccc21. The molecule has 17 heavy (non-hydrogen) atoms. The molecule has 0 aliphatic heterocycles. The third-order valence-electron chi connectivity index (χ3n) is 3.01. The van der Waals surface area contributed by atoms with Gasteiger partial charge in [-0.3, -0.25) is 0 Å². The van der Waals surface area contributed by atoms with Crippen molar-refractivity contribution in [1.82, 2.24) is 4.57 Å². The molecule has 2 nitrogen and oxygen atoms in total. The first kappa shape index (κ1) is 12.5. The van der Waals surface area contributed by atoms with Crippen LogP contribution in [0, 0.1) is 0 Å². The summed E-state index contributed by atoms with van der Waals surface area (Å²) in [6.45, 7) is 7.85. The molecule has 1 aromatic carbocycles. The third kappa shape index (κ3) is 2.20. The predicted molar refractivity (Wildman–Crippen MR) is 72.6 cm³/mol. The zero-order valence-electron chi connectivity index (χ0n) is 10.7. The summed E-state index contributed by atoms with van der Waals surface area (Å²) in [6.07, 6.45) is 2.02. The van der Waals surface area contributed by atoms with Crippen LogP contribution < -0.4 is 0 Å². The van der Waals surface area contributed by atoms with Crippen molar-refractivity contribution in [1.29, 1.82) is 0 Å². The van der Waals surface area contributed by atoms with Crippen molar-refractivity contribution in [3.05, 3.63) is 35.0 Å². The number of rotatable bonds is 2. The van der Waals surface area contributed by atoms with Crippen molar-refractivity contribution < 1.29 is 5.11 Å². The fourth-order valence-corrected chi connectivity index (χ4v) is 2.31. The molecule has 0 bridgehead atoms. The molecule has 2 rings (SSSR count). The van der Waals surface area contributed by atoms with Gasteiger partial charge in [0.05, 0.1) is 5.60 Å². The maximum Gasteiger partial charge on any atom is 0.0861 e. The molecule has 92 valence electrons. The van der Waals surface area contributed by atoms with Crippen LogP contribution in [0.5, 0.6) is 0 Å². The first-order valence-electron chi connectivity index (χ1n) is 5.83. The molecule has 1 heterocycles. The van der Waals surface area contributed by atoms with Crippen LogP contribution in [-0.4, -0.2) is 9.67 Å². The summed E-state index contributed by atoms with van der Waals surface area (Å²) >= 11 is 6.04. The number of hydrogen-bond donors (Lipinski definition) is 1. The normalized spacial score (nSPS) is 12.6. The van der Waals surface area contributed by atoms with E-state index in [2.05, 4.69) is 18.4 Å². The standard InChI is InChI=1S/C14H18ClNO/c1-9(2)16-8-12(14(3,4)17)11-7-10(15)5-6-13(11)16/h5-9,17H,1-4H3. The van der Waals surface area contributed by atoms with Gasteiger partial charge in [0.2, 0.25) is 0 Å². The van der Waals surface area contributed by atoms with Gasteiger partial charge in [-0.25, -0.2) is 0 Å². The van der Waals surface area contributed by atoms with Crippen molar-refractivity contribution in [3.63, 3.8) is 0 Å². The number of benzene rings is 1. The quantitative estimate of drug-likeness (QED) is 0.854. The van der Waals surface area contributed by atoms with Crippen LogP contribution in [-0.2, 0) is 5.60 Å². The highest BCUT2D eigenvalue weighted by molar-refractivity contribution is 6.31. The predicted octanol–water partition coefficient (Wildman–Crippen LogP) is 4.10. The average molecular weight is 252 g/mol. The summed E-state index contributed by atoms with van der Waals surface area (Å²) in [5.41, 5.74) is 1.17. The van der Waals surface area contributed by atoms with Gasteiger partial charge < -0.3 is 9.67 Å². The van der Waals surface area contributed by atoms with Gasteiger partial charge in [-0.15, -0.1) is 0 Å². The monoisotopic (exact) mass is 251 g/mol. The molecule has 0 atom stereocenters. The van der Waals surface area contributed by atoms with E-state index in [0.717, 1.165) is 16.5 Å². The second-order valence-electron chi connectivity index (χ2n) is 5.26. The summed E-state index contributed by atoms with van der Waals surface area (Å²) in [6, 6.07) is 6.17. The van der Waals surface area contributed by atoms with Crippen LogP contribution in [0.1, 0.15) is 39.3 Å². The van der Waals surface area contributed by atoms with E-state index in [0.29, 0.717) is 11.1 Å². The fourth-order valence-electron chi connectivity index (χ4n) is 2.14. The Morgan fingerprint density at radius 2 is 1.94 bits per heavy atom. The Morgan fingerprint density at radius 3 is 2.47 bits per heavy atom. The Balaban J connectivity index is 2.80. The summed E-state index contributed by atoms with van der Waals surface area (Å²) in [5, 5.41) is 11.9. The molecule has 2 aromatic rings. The Morgan fingerprint density at radius 1 is 1.29 bits per heavy atom. The molecule has 0 radical (unpaired) electrons. The van der Waals surface area contributed by atoms with Crippen molar-refractivity contribution in [3.8, 4) is 0 Å². The lowest BCUT2D eigenvalue weighted by Gasteiger charge is -2.16. The first-order chi connectivity index (χ1) is 7.80. The van der Waals surface area contributed by atoms with Crippen LogP contribution in [0.2, 0.25) is 5.02 Å². The molecule has 3 heteroatoms. The van der Waals surface area contributed by atoms with Crippen LogP contribution in [0.3, 0.4) is 0 Å². The summed E-state index contributed by atoms with van der Waals surface area (Å²) < 4.78 is 2.17. The van der Waals surface area contributed by atoms with Crippen LogP contribution in [0.25, 0.3) is 10.9 Å². The topological polar surface area (TPSA) is 25.2 Å². The van der Waals surface area contributed by atoms with E-state index in [1.165, 1.54) is 0 Å². The molecular weight excluding hydrogens is 234 g/mol. The van der Waals surface area contributed by atoms with E-state index in [4.69, 9.17) is 11.6 Å². The van der Waals surface area contributed by atoms with Crippen molar-refractivity contribution in [2.45, 2.75) is 39.3 Å². The van der Waals surface area contributed by atoms with Crippen LogP contribution in [0.4, 0.5) is 0 Å². The molecule has 0 aliphatic rings. The minimum Gasteiger partial charge on any atom is -0.386 e. The lowest BCUT2D eigenvalue weighted by atomic mass is 9.98. The Labute approximate surface area is 107 Å². The maximum atomic E-state index is 10.2. The molecule has 0 spiro atoms. The maximum absolute atomic E-state index is 10.2. The van der Waals surface area contributed by atoms with Gasteiger partial charge in [0.15, 0.2) is 0 Å². The molecule has 0 unspecified atom stereocenters. The molecule has 0 amide bonds. The molecular formula is C14H18ClNO. The summed E-state index contributed by atoms with van der Waals surface area (Å²) in [4.78, 5) is 0. The molecule has 1 N–H and O–H groups in total. The van der Waals surface area contributed by atoms with Gasteiger partial charge in [-0.2, -0.15) is 0 Å². The fraction of sp³-hybridized carbons (Fsp3) is 0.429. The highest BCUT2D eigenvalue weighted by Crippen LogP contribution is 2.33. The highest BCUT2D eigenvalue weighted by atomic mass is 35.5. The summed E-state index contributed by atoms with van der Waals surface area (Å²) in [5.74, 6) is 0. The largest absolute Gasteiger partial charge is 0.386 e. The lowest BCUT2D eigenvalue weighted by molar-refractivity contribution is 0.0799. The smallest absolute Gasteiger partial charge is 0.0861 e. The van der Waals surface area contributed by atoms with Crippen molar-refractivity contribution in [2.75, 3.05) is 0 Å². The average Bonchev–Trinajstić information content (AvgIpc) is 2.55. The van der Waals surface area contributed by atoms with Gasteiger partial charge in [0.25, 0.3) is 0 Å². The third-order valence-corrected chi connectivity index (χ3v) is 3.25. The van der Waals surface area contributed by atoms with E-state index in [9.17, 15) is 5.11 Å². The number of nitrogens with zero attached hydrogens (tertiary/aromatic N) is 1. The highest BCUT2D eigenvalue weighted by Gasteiger charge is 2.22. The van der Waals surface area contributed by atoms with Crippen molar-refractivity contribution in [2.24, 2.45) is 0 Å². The van der Waals surface area contributed by atoms with Crippen LogP contribution in [0.15, 0.2) is 24.4 Å². The zero-order valence-corrected chi connectivity index (χ0v) is 11.4. The van der Waals surface area contributed by atoms with E-state index in [1.807, 2.05) is 24.4 Å². The lowest BCUT2D eigenvalue weighted by Crippen LogP contribution is -2.14. The van der Waals surface area contributed by atoms with E-state index in [-0.39, 0.29) is 0 Å². The van der Waals surface area contributed by atoms with Gasteiger partial charge >= 0.3 is 0 Å². The van der Waals surface area contributed by atoms with Gasteiger partial charge in [-0.05, 0) is 45.9 Å². The number of halogens is 1. The minimum absolute atomic E-state index is 0.356. The van der Waals surface area contributed by atoms with Gasteiger partial charge in [-0.1, -0.05) is 11.6 Å². The number of aliphatic hydroxyl groups is 1. The second-order valence-corrected chi connectivity index (χ2v) is 5.70. The molecule has 0 aliphatic carbocycles. The van der Waals surface area contributed by atoms with E-state index in [1.54, 1.807) is 13.8 Å². The molecule has 0 fully saturated rings. The number of hydrogen-bond acceptors (Lipinski definition) is 1. The summed E-state index contributed by atoms with van der Waals surface area (Å²) in [7, 11) is 0. The Bertz CT molecular complexity index is 549. The zero-order chi connectivity index (χ0) is 12.8. The van der Waals surface area contributed by atoms with Crippen molar-refractivity contribution >= 4 is 22.5 Å². The van der Waals surface area contributed by atoms with E-state index < -0.39 is 5.60 Å². The molecule has 0 saturated carbocycles. The number of fused-ring (bicyclic) bond motifs is 1. The Kier molecular flexibility index (Phi) is 2.96. The number of aromatic nitrogens is 1. The van der Waals surface area contributed by atoms with E-state index >= 15 is 0 Å². The Hall–Kier alpha value is -0.990. The molecule has 1 aromatic heterocycles. The first-order valence-corrected chi connectivity index (χ1v) is 6.21. The molecule has 0 saturated heterocycles. The van der Waals surface area contributed by atoms with Gasteiger partial charge in [0, 0.05) is 33.7 Å². The second kappa shape index (κ2) is 4.04.